The maximum absolute atomic E-state index is 11.6. The van der Waals surface area contributed by atoms with Crippen molar-refractivity contribution in [2.24, 2.45) is 0 Å². The first-order chi connectivity index (χ1) is 8.01. The molecule has 0 aromatic carbocycles. The minimum absolute atomic E-state index is 0.0426. The van der Waals surface area contributed by atoms with Crippen LogP contribution in [0.15, 0.2) is 4.34 Å². The van der Waals surface area contributed by atoms with Crippen LogP contribution in [0.4, 0.5) is 0 Å². The number of amides is 1. The first kappa shape index (κ1) is 14.0. The third-order valence-electron chi connectivity index (χ3n) is 2.06. The molecule has 6 nitrogen and oxygen atoms in total. The Kier molecular flexibility index (Phi) is 5.01. The minimum atomic E-state index is -3.37. The molecule has 96 valence electrons. The van der Waals surface area contributed by atoms with Gasteiger partial charge in [-0.2, -0.15) is 0 Å². The quantitative estimate of drug-likeness (QED) is 0.779. The lowest BCUT2D eigenvalue weighted by atomic mass is 10.3. The molecule has 0 saturated carbocycles. The third-order valence-corrected chi connectivity index (χ3v) is 5.16. The summed E-state index contributed by atoms with van der Waals surface area (Å²) in [7, 11) is -3.37. The van der Waals surface area contributed by atoms with Gasteiger partial charge in [-0.25, -0.2) is 8.42 Å². The molecule has 17 heavy (non-hydrogen) atoms. The van der Waals surface area contributed by atoms with Gasteiger partial charge in [-0.15, -0.1) is 10.2 Å². The number of carbonyl (C=O) groups excluding carboxylic acids is 1. The van der Waals surface area contributed by atoms with E-state index in [0.717, 1.165) is 24.2 Å². The Labute approximate surface area is 104 Å². The van der Waals surface area contributed by atoms with Gasteiger partial charge in [0.2, 0.25) is 19.2 Å². The van der Waals surface area contributed by atoms with Gasteiger partial charge in [0, 0.05) is 6.54 Å². The smallest absolute Gasteiger partial charge is 0.282 e. The molecule has 0 aliphatic carbocycles. The van der Waals surface area contributed by atoms with Gasteiger partial charge in [-0.3, -0.25) is 4.79 Å². The van der Waals surface area contributed by atoms with Crippen LogP contribution < -0.4 is 5.32 Å². The maximum Gasteiger partial charge on any atom is 0.282 e. The zero-order chi connectivity index (χ0) is 12.9. The zero-order valence-electron chi connectivity index (χ0n) is 9.76. The van der Waals surface area contributed by atoms with Crippen molar-refractivity contribution < 1.29 is 13.2 Å². The lowest BCUT2D eigenvalue weighted by Gasteiger charge is -1.99. The topological polar surface area (TPSA) is 89.0 Å². The van der Waals surface area contributed by atoms with Crippen LogP contribution in [0, 0.1) is 0 Å². The van der Waals surface area contributed by atoms with Crippen LogP contribution in [0.2, 0.25) is 0 Å². The van der Waals surface area contributed by atoms with Crippen molar-refractivity contribution in [3.05, 3.63) is 5.01 Å². The Hall–Kier alpha value is -1.02. The van der Waals surface area contributed by atoms with Crippen molar-refractivity contribution >= 4 is 27.1 Å². The average molecular weight is 277 g/mol. The van der Waals surface area contributed by atoms with Crippen molar-refractivity contribution in [2.75, 3.05) is 12.3 Å². The van der Waals surface area contributed by atoms with Gasteiger partial charge in [-0.1, -0.05) is 31.6 Å². The molecule has 8 heteroatoms. The SMILES string of the molecule is CCCCNC(=O)c1nnc(S(=O)(=O)CC)s1. The first-order valence-electron chi connectivity index (χ1n) is 5.35. The van der Waals surface area contributed by atoms with E-state index in [4.69, 9.17) is 0 Å². The molecule has 1 N–H and O–H groups in total. The zero-order valence-corrected chi connectivity index (χ0v) is 11.4. The highest BCUT2D eigenvalue weighted by Gasteiger charge is 2.20. The molecule has 0 fully saturated rings. The van der Waals surface area contributed by atoms with Crippen molar-refractivity contribution in [1.82, 2.24) is 15.5 Å². The average Bonchev–Trinajstić information content (AvgIpc) is 2.79. The standard InChI is InChI=1S/C9H15N3O3S2/c1-3-5-6-10-7(13)8-11-12-9(16-8)17(14,15)4-2/h3-6H2,1-2H3,(H,10,13). The van der Waals surface area contributed by atoms with Crippen molar-refractivity contribution in [1.29, 1.82) is 0 Å². The molecule has 1 heterocycles. The summed E-state index contributed by atoms with van der Waals surface area (Å²) in [5.74, 6) is -0.410. The van der Waals surface area contributed by atoms with E-state index in [-0.39, 0.29) is 21.0 Å². The molecule has 0 bridgehead atoms. The van der Waals surface area contributed by atoms with Gasteiger partial charge >= 0.3 is 0 Å². The fourth-order valence-electron chi connectivity index (χ4n) is 1.00. The fraction of sp³-hybridized carbons (Fsp3) is 0.667. The maximum atomic E-state index is 11.6. The van der Waals surface area contributed by atoms with Crippen LogP contribution in [-0.2, 0) is 9.84 Å². The predicted octanol–water partition coefficient (Wildman–Crippen LogP) is 0.862. The van der Waals surface area contributed by atoms with E-state index in [0.29, 0.717) is 6.54 Å². The Morgan fingerprint density at radius 2 is 2.06 bits per heavy atom. The molecule has 1 rings (SSSR count). The molecule has 0 saturated heterocycles. The van der Waals surface area contributed by atoms with Crippen LogP contribution in [0.5, 0.6) is 0 Å². The Morgan fingerprint density at radius 3 is 2.65 bits per heavy atom. The fourth-order valence-corrected chi connectivity index (χ4v) is 3.01. The van der Waals surface area contributed by atoms with E-state index in [1.54, 1.807) is 0 Å². The van der Waals surface area contributed by atoms with Crippen molar-refractivity contribution in [3.63, 3.8) is 0 Å². The molecule has 0 unspecified atom stereocenters. The molecule has 0 spiro atoms. The van der Waals surface area contributed by atoms with Gasteiger partial charge < -0.3 is 5.32 Å². The lowest BCUT2D eigenvalue weighted by Crippen LogP contribution is -2.24. The highest BCUT2D eigenvalue weighted by atomic mass is 32.2. The summed E-state index contributed by atoms with van der Waals surface area (Å²) < 4.78 is 22.9. The molecular formula is C9H15N3O3S2. The number of rotatable bonds is 6. The summed E-state index contributed by atoms with van der Waals surface area (Å²) in [5.41, 5.74) is 0. The molecular weight excluding hydrogens is 262 g/mol. The molecule has 0 aliphatic rings. The van der Waals surface area contributed by atoms with Crippen LogP contribution in [0.1, 0.15) is 36.5 Å². The second-order valence-corrected chi connectivity index (χ2v) is 6.82. The summed E-state index contributed by atoms with van der Waals surface area (Å²) in [6, 6.07) is 0. The second-order valence-electron chi connectivity index (χ2n) is 3.39. The highest BCUT2D eigenvalue weighted by molar-refractivity contribution is 7.93. The number of nitrogens with zero attached hydrogens (tertiary/aromatic N) is 2. The molecule has 0 atom stereocenters. The normalized spacial score (nSPS) is 11.4. The summed E-state index contributed by atoms with van der Waals surface area (Å²) >= 11 is 0.808. The van der Waals surface area contributed by atoms with Gasteiger partial charge in [0.05, 0.1) is 5.75 Å². The number of hydrogen-bond donors (Lipinski definition) is 1. The Bertz CT molecular complexity index is 481. The molecule has 1 amide bonds. The van der Waals surface area contributed by atoms with E-state index < -0.39 is 9.84 Å². The summed E-state index contributed by atoms with van der Waals surface area (Å²) in [4.78, 5) is 11.6. The van der Waals surface area contributed by atoms with Crippen LogP contribution in [0.3, 0.4) is 0 Å². The van der Waals surface area contributed by atoms with Gasteiger partial charge in [0.25, 0.3) is 5.91 Å². The Balaban J connectivity index is 2.71. The van der Waals surface area contributed by atoms with Crippen LogP contribution in [-0.4, -0.2) is 36.8 Å². The molecule has 0 radical (unpaired) electrons. The summed E-state index contributed by atoms with van der Waals surface area (Å²) in [5, 5.41) is 9.86. The van der Waals surface area contributed by atoms with Gasteiger partial charge in [0.15, 0.2) is 0 Å². The lowest BCUT2D eigenvalue weighted by molar-refractivity contribution is 0.0952. The third kappa shape index (κ3) is 3.74. The second kappa shape index (κ2) is 6.06. The highest BCUT2D eigenvalue weighted by Crippen LogP contribution is 2.16. The van der Waals surface area contributed by atoms with E-state index in [1.165, 1.54) is 6.92 Å². The van der Waals surface area contributed by atoms with E-state index >= 15 is 0 Å². The molecule has 1 aromatic rings. The van der Waals surface area contributed by atoms with Gasteiger partial charge in [-0.05, 0) is 6.42 Å². The Morgan fingerprint density at radius 1 is 1.35 bits per heavy atom. The molecule has 1 aromatic heterocycles. The number of hydrogen-bond acceptors (Lipinski definition) is 6. The van der Waals surface area contributed by atoms with Crippen LogP contribution >= 0.6 is 11.3 Å². The van der Waals surface area contributed by atoms with E-state index in [1.807, 2.05) is 6.92 Å². The monoisotopic (exact) mass is 277 g/mol. The summed E-state index contributed by atoms with van der Waals surface area (Å²) in [6.45, 7) is 4.10. The first-order valence-corrected chi connectivity index (χ1v) is 7.82. The largest absolute Gasteiger partial charge is 0.350 e. The van der Waals surface area contributed by atoms with Crippen molar-refractivity contribution in [3.8, 4) is 0 Å². The minimum Gasteiger partial charge on any atom is -0.350 e. The molecule has 0 aliphatic heterocycles. The number of aromatic nitrogens is 2. The van der Waals surface area contributed by atoms with Crippen molar-refractivity contribution in [2.45, 2.75) is 31.0 Å². The number of carbonyl (C=O) groups is 1. The predicted molar refractivity (Wildman–Crippen MR) is 64.9 cm³/mol. The summed E-state index contributed by atoms with van der Waals surface area (Å²) in [6.07, 6.45) is 1.86. The van der Waals surface area contributed by atoms with Crippen LogP contribution in [0.25, 0.3) is 0 Å². The number of sulfone groups is 1. The number of unbranched alkanes of at least 4 members (excludes halogenated alkanes) is 1. The van der Waals surface area contributed by atoms with E-state index in [2.05, 4.69) is 15.5 Å². The van der Waals surface area contributed by atoms with Gasteiger partial charge in [0.1, 0.15) is 0 Å². The van der Waals surface area contributed by atoms with E-state index in [9.17, 15) is 13.2 Å². The number of nitrogens with one attached hydrogen (secondary N) is 1.